The maximum absolute atomic E-state index is 12.1. The first-order valence-corrected chi connectivity index (χ1v) is 5.95. The SMILES string of the molecule is CC(C)[C@@H](C(=O)OC(C)(C)C)N1CC(=O)NC1=O. The van der Waals surface area contributed by atoms with Crippen molar-refractivity contribution < 1.29 is 19.1 Å². The molecule has 1 fully saturated rings. The summed E-state index contributed by atoms with van der Waals surface area (Å²) in [6, 6.07) is -1.28. The van der Waals surface area contributed by atoms with Gasteiger partial charge in [0.2, 0.25) is 5.91 Å². The van der Waals surface area contributed by atoms with Crippen LogP contribution in [0.5, 0.6) is 0 Å². The number of carbonyl (C=O) groups is 3. The lowest BCUT2D eigenvalue weighted by molar-refractivity contribution is -0.161. The van der Waals surface area contributed by atoms with E-state index in [1.165, 1.54) is 4.90 Å². The van der Waals surface area contributed by atoms with Crippen molar-refractivity contribution in [2.24, 2.45) is 5.92 Å². The van der Waals surface area contributed by atoms with Gasteiger partial charge in [-0.1, -0.05) is 13.8 Å². The standard InChI is InChI=1S/C12H20N2O4/c1-7(2)9(10(16)18-12(3,4)5)14-6-8(15)13-11(14)17/h7,9H,6H2,1-5H3,(H,13,15,17)/t9-/m0/s1. The summed E-state index contributed by atoms with van der Waals surface area (Å²) < 4.78 is 5.29. The molecule has 3 amide bonds. The number of carbonyl (C=O) groups excluding carboxylic acids is 3. The Morgan fingerprint density at radius 3 is 2.22 bits per heavy atom. The van der Waals surface area contributed by atoms with Crippen LogP contribution in [0.2, 0.25) is 0 Å². The molecule has 0 bridgehead atoms. The van der Waals surface area contributed by atoms with Gasteiger partial charge in [0.15, 0.2) is 0 Å². The highest BCUT2D eigenvalue weighted by Gasteiger charge is 2.40. The van der Waals surface area contributed by atoms with E-state index in [1.54, 1.807) is 20.8 Å². The Morgan fingerprint density at radius 2 is 1.89 bits per heavy atom. The highest BCUT2D eigenvalue weighted by molar-refractivity contribution is 6.03. The molecular formula is C12H20N2O4. The van der Waals surface area contributed by atoms with Crippen molar-refractivity contribution >= 4 is 17.9 Å². The van der Waals surface area contributed by atoms with Crippen LogP contribution in [0.1, 0.15) is 34.6 Å². The van der Waals surface area contributed by atoms with E-state index >= 15 is 0 Å². The minimum atomic E-state index is -0.740. The van der Waals surface area contributed by atoms with E-state index < -0.39 is 29.6 Å². The molecule has 1 aliphatic heterocycles. The molecule has 18 heavy (non-hydrogen) atoms. The van der Waals surface area contributed by atoms with Gasteiger partial charge >= 0.3 is 12.0 Å². The lowest BCUT2D eigenvalue weighted by atomic mass is 10.0. The fourth-order valence-corrected chi connectivity index (χ4v) is 1.80. The van der Waals surface area contributed by atoms with Crippen molar-refractivity contribution in [2.75, 3.05) is 6.54 Å². The Balaban J connectivity index is 2.87. The van der Waals surface area contributed by atoms with Crippen LogP contribution in [0.3, 0.4) is 0 Å². The van der Waals surface area contributed by atoms with Gasteiger partial charge in [0, 0.05) is 0 Å². The van der Waals surface area contributed by atoms with Gasteiger partial charge in [-0.25, -0.2) is 9.59 Å². The molecule has 0 aromatic carbocycles. The number of amides is 3. The minimum absolute atomic E-state index is 0.0963. The molecule has 0 aromatic heterocycles. The second-order valence-corrected chi connectivity index (χ2v) is 5.70. The van der Waals surface area contributed by atoms with E-state index in [0.29, 0.717) is 0 Å². The summed E-state index contributed by atoms with van der Waals surface area (Å²) in [4.78, 5) is 36.1. The van der Waals surface area contributed by atoms with Gasteiger partial charge < -0.3 is 9.64 Å². The smallest absolute Gasteiger partial charge is 0.329 e. The van der Waals surface area contributed by atoms with Crippen LogP contribution < -0.4 is 5.32 Å². The van der Waals surface area contributed by atoms with Crippen molar-refractivity contribution in [3.63, 3.8) is 0 Å². The fraction of sp³-hybridized carbons (Fsp3) is 0.750. The van der Waals surface area contributed by atoms with Crippen molar-refractivity contribution in [3.05, 3.63) is 0 Å². The lowest BCUT2D eigenvalue weighted by Crippen LogP contribution is -2.48. The van der Waals surface area contributed by atoms with Crippen molar-refractivity contribution in [2.45, 2.75) is 46.3 Å². The molecule has 0 saturated carbocycles. The number of urea groups is 1. The topological polar surface area (TPSA) is 75.7 Å². The van der Waals surface area contributed by atoms with Crippen molar-refractivity contribution in [1.82, 2.24) is 10.2 Å². The molecule has 1 heterocycles. The van der Waals surface area contributed by atoms with Crippen LogP contribution in [-0.4, -0.2) is 41.0 Å². The first-order valence-electron chi connectivity index (χ1n) is 5.95. The largest absolute Gasteiger partial charge is 0.458 e. The molecule has 102 valence electrons. The Hall–Kier alpha value is -1.59. The van der Waals surface area contributed by atoms with Crippen LogP contribution in [-0.2, 0) is 14.3 Å². The molecule has 0 radical (unpaired) electrons. The third kappa shape index (κ3) is 3.45. The Bertz CT molecular complexity index is 371. The second kappa shape index (κ2) is 4.96. The van der Waals surface area contributed by atoms with E-state index in [4.69, 9.17) is 4.74 Å². The summed E-state index contributed by atoms with van der Waals surface area (Å²) in [6.07, 6.45) is 0. The van der Waals surface area contributed by atoms with Crippen LogP contribution in [0.4, 0.5) is 4.79 Å². The molecule has 1 atom stereocenters. The molecule has 1 N–H and O–H groups in total. The van der Waals surface area contributed by atoms with Gasteiger partial charge in [-0.3, -0.25) is 10.1 Å². The number of esters is 1. The molecule has 1 aliphatic rings. The summed E-state index contributed by atoms with van der Waals surface area (Å²) in [5, 5.41) is 2.16. The normalized spacial score (nSPS) is 18.0. The first kappa shape index (κ1) is 14.5. The fourth-order valence-electron chi connectivity index (χ4n) is 1.80. The van der Waals surface area contributed by atoms with E-state index in [1.807, 2.05) is 13.8 Å². The zero-order valence-electron chi connectivity index (χ0n) is 11.4. The summed E-state index contributed by atoms with van der Waals surface area (Å²) in [7, 11) is 0. The molecule has 0 aromatic rings. The number of imide groups is 1. The minimum Gasteiger partial charge on any atom is -0.458 e. The number of hydrogen-bond acceptors (Lipinski definition) is 4. The van der Waals surface area contributed by atoms with Gasteiger partial charge in [0.25, 0.3) is 0 Å². The van der Waals surface area contributed by atoms with E-state index in [2.05, 4.69) is 5.32 Å². The van der Waals surface area contributed by atoms with Gasteiger partial charge in [0.05, 0.1) is 0 Å². The van der Waals surface area contributed by atoms with Crippen LogP contribution >= 0.6 is 0 Å². The predicted octanol–water partition coefficient (Wildman–Crippen LogP) is 0.905. The van der Waals surface area contributed by atoms with Crippen LogP contribution in [0.25, 0.3) is 0 Å². The average molecular weight is 256 g/mol. The summed E-state index contributed by atoms with van der Waals surface area (Å²) in [5.74, 6) is -1.01. The molecular weight excluding hydrogens is 236 g/mol. The average Bonchev–Trinajstić information content (AvgIpc) is 2.41. The van der Waals surface area contributed by atoms with Crippen molar-refractivity contribution in [3.8, 4) is 0 Å². The number of ether oxygens (including phenoxy) is 1. The molecule has 6 nitrogen and oxygen atoms in total. The Kier molecular flexibility index (Phi) is 3.98. The quantitative estimate of drug-likeness (QED) is 0.601. The van der Waals surface area contributed by atoms with Crippen LogP contribution in [0.15, 0.2) is 0 Å². The number of hydrogen-bond donors (Lipinski definition) is 1. The van der Waals surface area contributed by atoms with Gasteiger partial charge in [0.1, 0.15) is 18.2 Å². The molecule has 0 spiro atoms. The van der Waals surface area contributed by atoms with Gasteiger partial charge in [-0.2, -0.15) is 0 Å². The van der Waals surface area contributed by atoms with E-state index in [0.717, 1.165) is 0 Å². The summed E-state index contributed by atoms with van der Waals surface area (Å²) >= 11 is 0. The van der Waals surface area contributed by atoms with E-state index in [9.17, 15) is 14.4 Å². The zero-order valence-corrected chi connectivity index (χ0v) is 11.4. The Labute approximate surface area is 107 Å². The molecule has 1 rings (SSSR count). The van der Waals surface area contributed by atoms with Crippen molar-refractivity contribution in [1.29, 1.82) is 0 Å². The number of rotatable bonds is 3. The summed E-state index contributed by atoms with van der Waals surface area (Å²) in [5.41, 5.74) is -0.621. The number of nitrogens with zero attached hydrogens (tertiary/aromatic N) is 1. The summed E-state index contributed by atoms with van der Waals surface area (Å²) in [6.45, 7) is 8.81. The van der Waals surface area contributed by atoms with E-state index in [-0.39, 0.29) is 12.5 Å². The third-order valence-corrected chi connectivity index (χ3v) is 2.44. The highest BCUT2D eigenvalue weighted by atomic mass is 16.6. The predicted molar refractivity (Wildman–Crippen MR) is 64.7 cm³/mol. The van der Waals surface area contributed by atoms with Gasteiger partial charge in [-0.05, 0) is 26.7 Å². The maximum atomic E-state index is 12.1. The van der Waals surface area contributed by atoms with Gasteiger partial charge in [-0.15, -0.1) is 0 Å². The molecule has 6 heteroatoms. The third-order valence-electron chi connectivity index (χ3n) is 2.44. The van der Waals surface area contributed by atoms with Crippen LogP contribution in [0, 0.1) is 5.92 Å². The second-order valence-electron chi connectivity index (χ2n) is 5.70. The first-order chi connectivity index (χ1) is 8.11. The Morgan fingerprint density at radius 1 is 1.33 bits per heavy atom. The number of nitrogens with one attached hydrogen (secondary N) is 1. The monoisotopic (exact) mass is 256 g/mol. The highest BCUT2D eigenvalue weighted by Crippen LogP contribution is 2.18. The lowest BCUT2D eigenvalue weighted by Gasteiger charge is -2.30. The molecule has 1 saturated heterocycles. The zero-order chi connectivity index (χ0) is 14.1. The maximum Gasteiger partial charge on any atom is 0.329 e. The molecule has 0 aliphatic carbocycles. The molecule has 0 unspecified atom stereocenters.